The van der Waals surface area contributed by atoms with Crippen LogP contribution >= 0.6 is 0 Å². The van der Waals surface area contributed by atoms with E-state index in [1.54, 1.807) is 18.2 Å². The van der Waals surface area contributed by atoms with Crippen LogP contribution in [0.5, 0.6) is 0 Å². The minimum Gasteiger partial charge on any atom is -0.468 e. The predicted octanol–water partition coefficient (Wildman–Crippen LogP) is 1.17. The third-order valence-electron chi connectivity index (χ3n) is 3.61. The molecule has 1 N–H and O–H groups in total. The summed E-state index contributed by atoms with van der Waals surface area (Å²) in [4.78, 5) is 24.0. The number of ether oxygens (including phenoxy) is 2. The van der Waals surface area contributed by atoms with Gasteiger partial charge in [-0.2, -0.15) is 0 Å². The summed E-state index contributed by atoms with van der Waals surface area (Å²) in [5.41, 5.74) is -0.426. The molecule has 0 heterocycles. The van der Waals surface area contributed by atoms with E-state index in [9.17, 15) is 14.7 Å². The van der Waals surface area contributed by atoms with Crippen LogP contribution < -0.4 is 0 Å². The van der Waals surface area contributed by atoms with Crippen molar-refractivity contribution in [2.24, 2.45) is 5.41 Å². The number of allylic oxidation sites excluding steroid dienone is 1. The molecule has 106 valence electrons. The molecule has 1 unspecified atom stereocenters. The smallest absolute Gasteiger partial charge is 0.326 e. The highest BCUT2D eigenvalue weighted by Crippen LogP contribution is 2.44. The Morgan fingerprint density at radius 2 is 1.70 bits per heavy atom. The summed E-state index contributed by atoms with van der Waals surface area (Å²) in [6, 6.07) is 9.09. The fourth-order valence-electron chi connectivity index (χ4n) is 2.50. The summed E-state index contributed by atoms with van der Waals surface area (Å²) in [5.74, 6) is -1.59. The lowest BCUT2D eigenvalue weighted by Gasteiger charge is -2.28. The third kappa shape index (κ3) is 2.00. The summed E-state index contributed by atoms with van der Waals surface area (Å²) >= 11 is 0. The molecule has 1 aliphatic rings. The second-order valence-corrected chi connectivity index (χ2v) is 4.59. The van der Waals surface area contributed by atoms with E-state index in [1.165, 1.54) is 14.2 Å². The zero-order valence-electron chi connectivity index (χ0n) is 11.3. The minimum atomic E-state index is -1.71. The van der Waals surface area contributed by atoms with Crippen molar-refractivity contribution < 1.29 is 24.2 Å². The molecule has 1 aromatic carbocycles. The maximum atomic E-state index is 12.0. The molecular weight excluding hydrogens is 260 g/mol. The molecule has 0 amide bonds. The van der Waals surface area contributed by atoms with Crippen molar-refractivity contribution >= 4 is 17.5 Å². The van der Waals surface area contributed by atoms with Crippen molar-refractivity contribution in [2.45, 2.75) is 12.5 Å². The number of aliphatic hydroxyl groups excluding tert-OH is 1. The molecule has 1 aliphatic carbocycles. The fourth-order valence-corrected chi connectivity index (χ4v) is 2.50. The zero-order chi connectivity index (χ0) is 14.8. The van der Waals surface area contributed by atoms with Crippen molar-refractivity contribution in [2.75, 3.05) is 14.2 Å². The SMILES string of the molecule is COC(=O)C1(C(=O)OC)CC=C(c2ccccc2)C1O. The highest BCUT2D eigenvalue weighted by molar-refractivity contribution is 6.05. The Kier molecular flexibility index (Phi) is 3.90. The van der Waals surface area contributed by atoms with Crippen LogP contribution in [0.3, 0.4) is 0 Å². The van der Waals surface area contributed by atoms with Crippen LogP contribution in [0.1, 0.15) is 12.0 Å². The van der Waals surface area contributed by atoms with Gasteiger partial charge in [-0.25, -0.2) is 0 Å². The lowest BCUT2D eigenvalue weighted by Crippen LogP contribution is -2.48. The number of carbonyl (C=O) groups excluding carboxylic acids is 2. The van der Waals surface area contributed by atoms with Crippen LogP contribution in [0.15, 0.2) is 36.4 Å². The van der Waals surface area contributed by atoms with Crippen LogP contribution in [-0.4, -0.2) is 37.4 Å². The number of methoxy groups -OCH3 is 2. The van der Waals surface area contributed by atoms with E-state index < -0.39 is 23.5 Å². The Morgan fingerprint density at radius 1 is 1.15 bits per heavy atom. The predicted molar refractivity (Wildman–Crippen MR) is 71.5 cm³/mol. The first-order valence-electron chi connectivity index (χ1n) is 6.18. The summed E-state index contributed by atoms with van der Waals surface area (Å²) in [7, 11) is 2.36. The van der Waals surface area contributed by atoms with Crippen molar-refractivity contribution in [1.29, 1.82) is 0 Å². The molecule has 1 atom stereocenters. The first kappa shape index (κ1) is 14.3. The highest BCUT2D eigenvalue weighted by atomic mass is 16.5. The second kappa shape index (κ2) is 5.46. The van der Waals surface area contributed by atoms with Gasteiger partial charge in [0, 0.05) is 0 Å². The van der Waals surface area contributed by atoms with Gasteiger partial charge in [0.05, 0.1) is 14.2 Å². The van der Waals surface area contributed by atoms with Gasteiger partial charge in [-0.1, -0.05) is 36.4 Å². The molecule has 2 rings (SSSR count). The monoisotopic (exact) mass is 276 g/mol. The zero-order valence-corrected chi connectivity index (χ0v) is 11.3. The quantitative estimate of drug-likeness (QED) is 0.662. The molecule has 20 heavy (non-hydrogen) atoms. The minimum absolute atomic E-state index is 0.0533. The van der Waals surface area contributed by atoms with Crippen LogP contribution in [0.25, 0.3) is 5.57 Å². The van der Waals surface area contributed by atoms with Gasteiger partial charge in [0.1, 0.15) is 6.10 Å². The number of benzene rings is 1. The Balaban J connectivity index is 2.41. The summed E-state index contributed by atoms with van der Waals surface area (Å²) < 4.78 is 9.36. The van der Waals surface area contributed by atoms with Gasteiger partial charge >= 0.3 is 11.9 Å². The van der Waals surface area contributed by atoms with E-state index in [1.807, 2.05) is 18.2 Å². The fraction of sp³-hybridized carbons (Fsp3) is 0.333. The van der Waals surface area contributed by atoms with Crippen molar-refractivity contribution in [3.8, 4) is 0 Å². The Labute approximate surface area is 116 Å². The molecule has 0 radical (unpaired) electrons. The summed E-state index contributed by atoms with van der Waals surface area (Å²) in [6.45, 7) is 0. The Bertz CT molecular complexity index is 531. The van der Waals surface area contributed by atoms with Gasteiger partial charge < -0.3 is 14.6 Å². The summed E-state index contributed by atoms with van der Waals surface area (Å²) in [6.07, 6.45) is 0.441. The maximum absolute atomic E-state index is 12.0. The van der Waals surface area contributed by atoms with E-state index in [-0.39, 0.29) is 6.42 Å². The number of hydrogen-bond donors (Lipinski definition) is 1. The highest BCUT2D eigenvalue weighted by Gasteiger charge is 2.57. The standard InChI is InChI=1S/C15H16O5/c1-19-13(17)15(14(18)20-2)9-8-11(12(15)16)10-6-4-3-5-7-10/h3-8,12,16H,9H2,1-2H3. The number of hydrogen-bond acceptors (Lipinski definition) is 5. The van der Waals surface area contributed by atoms with Crippen LogP contribution in [0, 0.1) is 5.41 Å². The lowest BCUT2D eigenvalue weighted by molar-refractivity contribution is -0.174. The Morgan fingerprint density at radius 3 is 2.20 bits per heavy atom. The van der Waals surface area contributed by atoms with Crippen LogP contribution in [-0.2, 0) is 19.1 Å². The van der Waals surface area contributed by atoms with Gasteiger partial charge in [-0.15, -0.1) is 0 Å². The molecular formula is C15H16O5. The molecule has 0 aliphatic heterocycles. The number of aliphatic hydroxyl groups is 1. The lowest BCUT2D eigenvalue weighted by atomic mass is 9.80. The van der Waals surface area contributed by atoms with Crippen molar-refractivity contribution in [3.05, 3.63) is 42.0 Å². The van der Waals surface area contributed by atoms with Crippen LogP contribution in [0.4, 0.5) is 0 Å². The van der Waals surface area contributed by atoms with Crippen LogP contribution in [0.2, 0.25) is 0 Å². The number of rotatable bonds is 3. The molecule has 0 saturated heterocycles. The number of esters is 2. The van der Waals surface area contributed by atoms with E-state index in [2.05, 4.69) is 9.47 Å². The van der Waals surface area contributed by atoms with E-state index in [0.29, 0.717) is 5.57 Å². The average molecular weight is 276 g/mol. The molecule has 0 fully saturated rings. The van der Waals surface area contributed by atoms with Gasteiger partial charge in [0.15, 0.2) is 5.41 Å². The molecule has 0 spiro atoms. The maximum Gasteiger partial charge on any atom is 0.326 e. The van der Waals surface area contributed by atoms with Gasteiger partial charge in [0.2, 0.25) is 0 Å². The van der Waals surface area contributed by atoms with Crippen molar-refractivity contribution in [1.82, 2.24) is 0 Å². The summed E-state index contributed by atoms with van der Waals surface area (Å²) in [5, 5.41) is 10.5. The second-order valence-electron chi connectivity index (χ2n) is 4.59. The molecule has 0 saturated carbocycles. The van der Waals surface area contributed by atoms with E-state index in [0.717, 1.165) is 5.56 Å². The molecule has 0 aromatic heterocycles. The number of carbonyl (C=O) groups is 2. The third-order valence-corrected chi connectivity index (χ3v) is 3.61. The molecule has 1 aromatic rings. The molecule has 5 heteroatoms. The average Bonchev–Trinajstić information content (AvgIpc) is 2.85. The first-order valence-corrected chi connectivity index (χ1v) is 6.18. The Hall–Kier alpha value is -2.14. The van der Waals surface area contributed by atoms with E-state index in [4.69, 9.17) is 0 Å². The van der Waals surface area contributed by atoms with Gasteiger partial charge in [-0.05, 0) is 17.6 Å². The van der Waals surface area contributed by atoms with Crippen molar-refractivity contribution in [3.63, 3.8) is 0 Å². The topological polar surface area (TPSA) is 72.8 Å². The molecule has 0 bridgehead atoms. The first-order chi connectivity index (χ1) is 9.57. The normalized spacial score (nSPS) is 20.1. The van der Waals surface area contributed by atoms with Gasteiger partial charge in [-0.3, -0.25) is 9.59 Å². The van der Waals surface area contributed by atoms with Gasteiger partial charge in [0.25, 0.3) is 0 Å². The van der Waals surface area contributed by atoms with E-state index >= 15 is 0 Å². The molecule has 5 nitrogen and oxygen atoms in total. The largest absolute Gasteiger partial charge is 0.468 e.